The third-order valence-electron chi connectivity index (χ3n) is 3.48. The van der Waals surface area contributed by atoms with E-state index >= 15 is 0 Å². The van der Waals surface area contributed by atoms with Crippen molar-refractivity contribution in [2.24, 2.45) is 5.73 Å². The van der Waals surface area contributed by atoms with Gasteiger partial charge in [-0.05, 0) is 25.1 Å². The Labute approximate surface area is 120 Å². The highest BCUT2D eigenvalue weighted by Crippen LogP contribution is 2.41. The number of hydrogen-bond acceptors (Lipinski definition) is 5. The minimum absolute atomic E-state index is 0.570. The third-order valence-corrected chi connectivity index (χ3v) is 3.98. The standard InChI is InChI=1S/C13H18BrNO4/c1-13(12(17-2)18-3)11(16)10(15)8-6-7(14)4-5-9(8)19-13/h4-6,10-12,16H,15H2,1-3H3. The molecule has 3 atom stereocenters. The van der Waals surface area contributed by atoms with E-state index in [0.29, 0.717) is 5.75 Å². The monoisotopic (exact) mass is 331 g/mol. The summed E-state index contributed by atoms with van der Waals surface area (Å²) in [5.74, 6) is 0.627. The lowest BCUT2D eigenvalue weighted by molar-refractivity contribution is -0.237. The summed E-state index contributed by atoms with van der Waals surface area (Å²) in [6.45, 7) is 1.72. The highest BCUT2D eigenvalue weighted by atomic mass is 79.9. The molecule has 3 unspecified atom stereocenters. The van der Waals surface area contributed by atoms with Crippen molar-refractivity contribution < 1.29 is 19.3 Å². The molecule has 6 heteroatoms. The van der Waals surface area contributed by atoms with Crippen molar-refractivity contribution in [3.8, 4) is 5.75 Å². The zero-order valence-electron chi connectivity index (χ0n) is 11.1. The van der Waals surface area contributed by atoms with Gasteiger partial charge in [0.1, 0.15) is 11.9 Å². The zero-order valence-corrected chi connectivity index (χ0v) is 12.7. The second-order valence-electron chi connectivity index (χ2n) is 4.74. The fourth-order valence-electron chi connectivity index (χ4n) is 2.45. The van der Waals surface area contributed by atoms with E-state index in [2.05, 4.69) is 15.9 Å². The van der Waals surface area contributed by atoms with Crippen LogP contribution in [0.15, 0.2) is 22.7 Å². The summed E-state index contributed by atoms with van der Waals surface area (Å²) in [5, 5.41) is 10.4. The molecule has 1 aromatic carbocycles. The molecule has 1 aromatic rings. The van der Waals surface area contributed by atoms with Crippen molar-refractivity contribution in [3.05, 3.63) is 28.2 Å². The molecule has 0 aliphatic carbocycles. The maximum Gasteiger partial charge on any atom is 0.199 e. The van der Waals surface area contributed by atoms with E-state index < -0.39 is 24.0 Å². The van der Waals surface area contributed by atoms with E-state index in [4.69, 9.17) is 19.9 Å². The van der Waals surface area contributed by atoms with Crippen molar-refractivity contribution in [1.29, 1.82) is 0 Å². The van der Waals surface area contributed by atoms with Gasteiger partial charge in [-0.2, -0.15) is 0 Å². The number of nitrogens with two attached hydrogens (primary N) is 1. The Balaban J connectivity index is 2.45. The van der Waals surface area contributed by atoms with E-state index in [1.807, 2.05) is 18.2 Å². The molecular weight excluding hydrogens is 314 g/mol. The number of hydrogen-bond donors (Lipinski definition) is 2. The number of fused-ring (bicyclic) bond motifs is 1. The van der Waals surface area contributed by atoms with Gasteiger partial charge in [0.25, 0.3) is 0 Å². The number of aliphatic hydroxyl groups is 1. The first-order valence-electron chi connectivity index (χ1n) is 5.91. The van der Waals surface area contributed by atoms with Gasteiger partial charge >= 0.3 is 0 Å². The molecule has 2 rings (SSSR count). The highest BCUT2D eigenvalue weighted by Gasteiger charge is 2.51. The molecule has 0 fully saturated rings. The molecule has 0 saturated heterocycles. The van der Waals surface area contributed by atoms with Crippen LogP contribution in [0.2, 0.25) is 0 Å². The molecule has 1 aliphatic rings. The lowest BCUT2D eigenvalue weighted by Gasteiger charge is -2.45. The normalized spacial score (nSPS) is 30.1. The molecule has 1 aliphatic heterocycles. The summed E-state index contributed by atoms with van der Waals surface area (Å²) in [5.41, 5.74) is 5.81. The molecule has 1 heterocycles. The Morgan fingerprint density at radius 1 is 1.42 bits per heavy atom. The average molecular weight is 332 g/mol. The topological polar surface area (TPSA) is 73.9 Å². The highest BCUT2D eigenvalue weighted by molar-refractivity contribution is 9.10. The Hall–Kier alpha value is -0.660. The van der Waals surface area contributed by atoms with Gasteiger partial charge in [0.15, 0.2) is 11.9 Å². The summed E-state index contributed by atoms with van der Waals surface area (Å²) >= 11 is 3.38. The minimum atomic E-state index is -1.07. The maximum atomic E-state index is 10.4. The SMILES string of the molecule is COC(OC)C1(C)Oc2ccc(Br)cc2C(N)C1O. The Bertz CT molecular complexity index is 466. The zero-order chi connectivity index (χ0) is 14.2. The van der Waals surface area contributed by atoms with Crippen molar-refractivity contribution in [1.82, 2.24) is 0 Å². The van der Waals surface area contributed by atoms with Crippen LogP contribution in [-0.4, -0.2) is 37.3 Å². The van der Waals surface area contributed by atoms with E-state index in [1.165, 1.54) is 14.2 Å². The predicted octanol–water partition coefficient (Wildman–Crippen LogP) is 1.58. The average Bonchev–Trinajstić information content (AvgIpc) is 2.39. The van der Waals surface area contributed by atoms with Crippen LogP contribution in [0.1, 0.15) is 18.5 Å². The van der Waals surface area contributed by atoms with Crippen LogP contribution in [0.5, 0.6) is 5.75 Å². The minimum Gasteiger partial charge on any atom is -0.479 e. The van der Waals surface area contributed by atoms with Gasteiger partial charge in [0.2, 0.25) is 0 Å². The molecule has 0 radical (unpaired) electrons. The number of methoxy groups -OCH3 is 2. The van der Waals surface area contributed by atoms with Crippen LogP contribution < -0.4 is 10.5 Å². The summed E-state index contributed by atoms with van der Waals surface area (Å²) in [7, 11) is 3.00. The van der Waals surface area contributed by atoms with Crippen LogP contribution in [0.3, 0.4) is 0 Å². The van der Waals surface area contributed by atoms with Gasteiger partial charge < -0.3 is 25.1 Å². The van der Waals surface area contributed by atoms with E-state index in [9.17, 15) is 5.11 Å². The molecule has 0 aromatic heterocycles. The van der Waals surface area contributed by atoms with Crippen LogP contribution in [0.25, 0.3) is 0 Å². The largest absolute Gasteiger partial charge is 0.479 e. The molecule has 0 saturated carbocycles. The van der Waals surface area contributed by atoms with Crippen LogP contribution in [0, 0.1) is 0 Å². The van der Waals surface area contributed by atoms with E-state index in [-0.39, 0.29) is 0 Å². The molecule has 5 nitrogen and oxygen atoms in total. The van der Waals surface area contributed by atoms with Crippen LogP contribution in [0.4, 0.5) is 0 Å². The first-order chi connectivity index (χ1) is 8.93. The van der Waals surface area contributed by atoms with Crippen LogP contribution in [-0.2, 0) is 9.47 Å². The molecule has 0 bridgehead atoms. The second-order valence-corrected chi connectivity index (χ2v) is 5.66. The van der Waals surface area contributed by atoms with Crippen molar-refractivity contribution in [2.75, 3.05) is 14.2 Å². The van der Waals surface area contributed by atoms with Crippen LogP contribution >= 0.6 is 15.9 Å². The molecule has 0 spiro atoms. The fraction of sp³-hybridized carbons (Fsp3) is 0.538. The Morgan fingerprint density at radius 2 is 2.05 bits per heavy atom. The fourth-order valence-corrected chi connectivity index (χ4v) is 2.83. The van der Waals surface area contributed by atoms with Crippen molar-refractivity contribution in [2.45, 2.75) is 31.0 Å². The lowest BCUT2D eigenvalue weighted by atomic mass is 9.85. The smallest absolute Gasteiger partial charge is 0.199 e. The molecule has 19 heavy (non-hydrogen) atoms. The number of rotatable bonds is 3. The van der Waals surface area contributed by atoms with Gasteiger partial charge in [-0.3, -0.25) is 0 Å². The summed E-state index contributed by atoms with van der Waals surface area (Å²) in [6, 6.07) is 4.95. The summed E-state index contributed by atoms with van der Waals surface area (Å²) in [4.78, 5) is 0. The summed E-state index contributed by atoms with van der Waals surface area (Å²) in [6.07, 6.45) is -1.66. The first-order valence-corrected chi connectivity index (χ1v) is 6.71. The van der Waals surface area contributed by atoms with Gasteiger partial charge in [0, 0.05) is 24.3 Å². The van der Waals surface area contributed by atoms with E-state index in [0.717, 1.165) is 10.0 Å². The number of ether oxygens (including phenoxy) is 3. The molecule has 106 valence electrons. The Morgan fingerprint density at radius 3 is 2.63 bits per heavy atom. The summed E-state index contributed by atoms with van der Waals surface area (Å²) < 4.78 is 17.2. The maximum absolute atomic E-state index is 10.4. The van der Waals surface area contributed by atoms with Crippen molar-refractivity contribution >= 4 is 15.9 Å². The van der Waals surface area contributed by atoms with Gasteiger partial charge in [0.05, 0.1) is 6.04 Å². The third kappa shape index (κ3) is 2.39. The number of halogens is 1. The number of aliphatic hydroxyl groups excluding tert-OH is 1. The predicted molar refractivity (Wildman–Crippen MR) is 73.9 cm³/mol. The van der Waals surface area contributed by atoms with Gasteiger partial charge in [-0.25, -0.2) is 0 Å². The first kappa shape index (κ1) is 14.7. The molecule has 0 amide bonds. The van der Waals surface area contributed by atoms with Crippen molar-refractivity contribution in [3.63, 3.8) is 0 Å². The Kier molecular flexibility index (Phi) is 4.17. The molecular formula is C13H18BrNO4. The van der Waals surface area contributed by atoms with E-state index in [1.54, 1.807) is 6.92 Å². The van der Waals surface area contributed by atoms with Gasteiger partial charge in [-0.1, -0.05) is 15.9 Å². The second kappa shape index (κ2) is 5.38. The molecule has 3 N–H and O–H groups in total. The van der Waals surface area contributed by atoms with Gasteiger partial charge in [-0.15, -0.1) is 0 Å². The quantitative estimate of drug-likeness (QED) is 0.822. The lowest BCUT2D eigenvalue weighted by Crippen LogP contribution is -2.61. The number of benzene rings is 1.